The number of aromatic nitrogens is 2. The molecule has 2 nitrogen and oxygen atoms in total. The predicted octanol–water partition coefficient (Wildman–Crippen LogP) is 4.26. The van der Waals surface area contributed by atoms with Gasteiger partial charge in [-0.05, 0) is 48.4 Å². The lowest BCUT2D eigenvalue weighted by molar-refractivity contribution is -0.141. The highest BCUT2D eigenvalue weighted by atomic mass is 35.5. The van der Waals surface area contributed by atoms with Crippen LogP contribution in [0.15, 0.2) is 24.3 Å². The number of nitrogens with zero attached hydrogens (tertiary/aromatic N) is 2. The topological polar surface area (TPSA) is 25.8 Å². The van der Waals surface area contributed by atoms with Crippen molar-refractivity contribution in [3.8, 4) is 11.3 Å². The fourth-order valence-corrected chi connectivity index (χ4v) is 1.78. The van der Waals surface area contributed by atoms with Gasteiger partial charge in [0.05, 0.1) is 5.69 Å². The van der Waals surface area contributed by atoms with Crippen molar-refractivity contribution in [2.75, 3.05) is 0 Å². The summed E-state index contributed by atoms with van der Waals surface area (Å²) in [5.41, 5.74) is -0.454. The molecule has 0 aliphatic carbocycles. The average Bonchev–Trinajstić information content (AvgIpc) is 2.25. The van der Waals surface area contributed by atoms with E-state index < -0.39 is 23.0 Å². The Morgan fingerprint density at radius 2 is 1.74 bits per heavy atom. The smallest absolute Gasteiger partial charge is 0.218 e. The van der Waals surface area contributed by atoms with Crippen LogP contribution in [-0.2, 0) is 6.18 Å². The molecule has 0 N–H and O–H groups in total. The third kappa shape index (κ3) is 3.20. The molecular weight excluding hydrogens is 284 g/mol. The van der Waals surface area contributed by atoms with Crippen LogP contribution in [0.2, 0.25) is 5.28 Å². The van der Waals surface area contributed by atoms with Gasteiger partial charge in [0.15, 0.2) is 0 Å². The fourth-order valence-electron chi connectivity index (χ4n) is 1.60. The summed E-state index contributed by atoms with van der Waals surface area (Å²) in [6, 6.07) is 4.60. The Morgan fingerprint density at radius 1 is 1.05 bits per heavy atom. The average molecular weight is 291 g/mol. The Labute approximate surface area is 111 Å². The van der Waals surface area contributed by atoms with Crippen LogP contribution in [0.25, 0.3) is 11.3 Å². The van der Waals surface area contributed by atoms with Gasteiger partial charge in [0.1, 0.15) is 11.5 Å². The van der Waals surface area contributed by atoms with Crippen LogP contribution in [0, 0.1) is 12.7 Å². The summed E-state index contributed by atoms with van der Waals surface area (Å²) < 4.78 is 51.0. The summed E-state index contributed by atoms with van der Waals surface area (Å²) in [5, 5.41) is -0.535. The molecule has 0 fully saturated rings. The van der Waals surface area contributed by atoms with E-state index in [9.17, 15) is 17.6 Å². The molecule has 0 radical (unpaired) electrons. The molecule has 2 rings (SSSR count). The second-order valence-electron chi connectivity index (χ2n) is 3.92. The minimum Gasteiger partial charge on any atom is -0.218 e. The standard InChI is InChI=1S/C12H7ClF4N2/c1-6-2-7(4-8(14)3-6)9-5-10(12(15,16)17)19-11(13)18-9/h2-5H,1H3. The first-order valence-electron chi connectivity index (χ1n) is 5.15. The van der Waals surface area contributed by atoms with Crippen LogP contribution in [0.1, 0.15) is 11.3 Å². The highest BCUT2D eigenvalue weighted by Crippen LogP contribution is 2.31. The Hall–Kier alpha value is -1.69. The van der Waals surface area contributed by atoms with Crippen molar-refractivity contribution in [3.05, 3.63) is 46.6 Å². The minimum atomic E-state index is -4.64. The van der Waals surface area contributed by atoms with Crippen molar-refractivity contribution in [3.63, 3.8) is 0 Å². The van der Waals surface area contributed by atoms with Gasteiger partial charge in [-0.2, -0.15) is 13.2 Å². The zero-order valence-electron chi connectivity index (χ0n) is 9.59. The third-order valence-electron chi connectivity index (χ3n) is 2.33. The van der Waals surface area contributed by atoms with Crippen LogP contribution in [0.5, 0.6) is 0 Å². The Kier molecular flexibility index (Phi) is 3.45. The normalized spacial score (nSPS) is 11.7. The molecule has 7 heteroatoms. The van der Waals surface area contributed by atoms with Crippen molar-refractivity contribution >= 4 is 11.6 Å². The van der Waals surface area contributed by atoms with Gasteiger partial charge in [0.2, 0.25) is 5.28 Å². The van der Waals surface area contributed by atoms with Gasteiger partial charge in [-0.25, -0.2) is 14.4 Å². The molecule has 1 aromatic heterocycles. The zero-order chi connectivity index (χ0) is 14.2. The molecule has 0 saturated carbocycles. The SMILES string of the molecule is Cc1cc(F)cc(-c2cc(C(F)(F)F)nc(Cl)n2)c1. The third-order valence-corrected chi connectivity index (χ3v) is 2.50. The molecular formula is C12H7ClF4N2. The Bertz CT molecular complexity index is 605. The minimum absolute atomic E-state index is 0.0741. The first-order valence-corrected chi connectivity index (χ1v) is 5.53. The number of hydrogen-bond acceptors (Lipinski definition) is 2. The Balaban J connectivity index is 2.59. The molecule has 1 aromatic carbocycles. The summed E-state index contributed by atoms with van der Waals surface area (Å²) in [6.07, 6.45) is -4.64. The molecule has 0 unspecified atom stereocenters. The summed E-state index contributed by atoms with van der Waals surface area (Å²) in [7, 11) is 0. The molecule has 0 amide bonds. The number of halogens is 5. The van der Waals surface area contributed by atoms with Gasteiger partial charge in [-0.15, -0.1) is 0 Å². The van der Waals surface area contributed by atoms with E-state index in [2.05, 4.69) is 9.97 Å². The zero-order valence-corrected chi connectivity index (χ0v) is 10.3. The van der Waals surface area contributed by atoms with Crippen molar-refractivity contribution in [2.45, 2.75) is 13.1 Å². The molecule has 0 aliphatic rings. The Morgan fingerprint density at radius 3 is 2.32 bits per heavy atom. The van der Waals surface area contributed by atoms with Gasteiger partial charge < -0.3 is 0 Å². The number of benzene rings is 1. The van der Waals surface area contributed by atoms with Gasteiger partial charge in [0, 0.05) is 5.56 Å². The number of aryl methyl sites for hydroxylation is 1. The molecule has 19 heavy (non-hydrogen) atoms. The van der Waals surface area contributed by atoms with E-state index in [0.717, 1.165) is 12.1 Å². The molecule has 0 bridgehead atoms. The van der Waals surface area contributed by atoms with Crippen molar-refractivity contribution in [1.29, 1.82) is 0 Å². The van der Waals surface area contributed by atoms with E-state index in [4.69, 9.17) is 11.6 Å². The maximum absolute atomic E-state index is 13.3. The van der Waals surface area contributed by atoms with Crippen LogP contribution >= 0.6 is 11.6 Å². The van der Waals surface area contributed by atoms with Crippen molar-refractivity contribution in [1.82, 2.24) is 9.97 Å². The maximum atomic E-state index is 13.3. The van der Waals surface area contributed by atoms with E-state index in [-0.39, 0.29) is 11.3 Å². The molecule has 100 valence electrons. The first-order chi connectivity index (χ1) is 8.75. The highest BCUT2D eigenvalue weighted by Gasteiger charge is 2.33. The molecule has 0 aliphatic heterocycles. The summed E-state index contributed by atoms with van der Waals surface area (Å²) in [6.45, 7) is 1.63. The monoisotopic (exact) mass is 290 g/mol. The predicted molar refractivity (Wildman–Crippen MR) is 62.2 cm³/mol. The van der Waals surface area contributed by atoms with Crippen LogP contribution < -0.4 is 0 Å². The van der Waals surface area contributed by atoms with Crippen LogP contribution in [0.3, 0.4) is 0 Å². The first kappa shape index (κ1) is 13.7. The summed E-state index contributed by atoms with van der Waals surface area (Å²) in [4.78, 5) is 6.80. The van der Waals surface area contributed by atoms with Gasteiger partial charge in [0.25, 0.3) is 0 Å². The van der Waals surface area contributed by atoms with Crippen molar-refractivity contribution in [2.24, 2.45) is 0 Å². The van der Waals surface area contributed by atoms with E-state index in [1.807, 2.05) is 0 Å². The molecule has 1 heterocycles. The van der Waals surface area contributed by atoms with Crippen molar-refractivity contribution < 1.29 is 17.6 Å². The van der Waals surface area contributed by atoms with Crippen LogP contribution in [-0.4, -0.2) is 9.97 Å². The second kappa shape index (κ2) is 4.77. The number of rotatable bonds is 1. The lowest BCUT2D eigenvalue weighted by atomic mass is 10.1. The lowest BCUT2D eigenvalue weighted by Gasteiger charge is -2.08. The largest absolute Gasteiger partial charge is 0.433 e. The number of hydrogen-bond donors (Lipinski definition) is 0. The van der Waals surface area contributed by atoms with E-state index in [1.165, 1.54) is 12.1 Å². The molecule has 0 atom stereocenters. The molecule has 0 spiro atoms. The second-order valence-corrected chi connectivity index (χ2v) is 4.26. The highest BCUT2D eigenvalue weighted by molar-refractivity contribution is 6.28. The molecule has 2 aromatic rings. The van der Waals surface area contributed by atoms with Gasteiger partial charge in [-0.3, -0.25) is 0 Å². The van der Waals surface area contributed by atoms with Gasteiger partial charge >= 0.3 is 6.18 Å². The van der Waals surface area contributed by atoms with Gasteiger partial charge in [-0.1, -0.05) is 0 Å². The summed E-state index contributed by atoms with van der Waals surface area (Å²) >= 11 is 5.47. The lowest BCUT2D eigenvalue weighted by Crippen LogP contribution is -2.09. The summed E-state index contributed by atoms with van der Waals surface area (Å²) in [5.74, 6) is -0.557. The van der Waals surface area contributed by atoms with Crippen LogP contribution in [0.4, 0.5) is 17.6 Å². The fraction of sp³-hybridized carbons (Fsp3) is 0.167. The van der Waals surface area contributed by atoms with E-state index in [1.54, 1.807) is 6.92 Å². The maximum Gasteiger partial charge on any atom is 0.433 e. The van der Waals surface area contributed by atoms with E-state index in [0.29, 0.717) is 5.56 Å². The van der Waals surface area contributed by atoms with E-state index >= 15 is 0 Å². The molecule has 0 saturated heterocycles. The number of alkyl halides is 3. The quantitative estimate of drug-likeness (QED) is 0.579.